The van der Waals surface area contributed by atoms with E-state index < -0.39 is 5.97 Å². The Bertz CT molecular complexity index is 267. The van der Waals surface area contributed by atoms with E-state index in [1.807, 2.05) is 0 Å². The molecule has 1 atom stereocenters. The van der Waals surface area contributed by atoms with Crippen LogP contribution in [0.2, 0.25) is 0 Å². The van der Waals surface area contributed by atoms with Gasteiger partial charge in [-0.2, -0.15) is 0 Å². The molecule has 5 nitrogen and oxygen atoms in total. The lowest BCUT2D eigenvalue weighted by Gasteiger charge is -2.34. The molecule has 0 aromatic heterocycles. The molecular weight excluding hydrogens is 222 g/mol. The number of piperidine rings is 1. The number of carbonyl (C=O) groups is 2. The monoisotopic (exact) mass is 243 g/mol. The van der Waals surface area contributed by atoms with Crippen LogP contribution in [0.3, 0.4) is 0 Å². The largest absolute Gasteiger partial charge is 0.481 e. The fourth-order valence-electron chi connectivity index (χ4n) is 2.26. The quantitative estimate of drug-likeness (QED) is 0.711. The number of carboxylic acid groups (broad SMARTS) is 1. The Morgan fingerprint density at radius 2 is 2.18 bits per heavy atom. The SMILES string of the molecule is CCOC(=O)CN1CCCCC1CCC(=O)O. The zero-order valence-corrected chi connectivity index (χ0v) is 10.4. The fourth-order valence-corrected chi connectivity index (χ4v) is 2.26. The van der Waals surface area contributed by atoms with E-state index in [9.17, 15) is 9.59 Å². The zero-order chi connectivity index (χ0) is 12.7. The second-order valence-corrected chi connectivity index (χ2v) is 4.36. The lowest BCUT2D eigenvalue weighted by Crippen LogP contribution is -2.43. The summed E-state index contributed by atoms with van der Waals surface area (Å²) in [5.74, 6) is -0.985. The van der Waals surface area contributed by atoms with Gasteiger partial charge in [-0.1, -0.05) is 6.42 Å². The van der Waals surface area contributed by atoms with Crippen molar-refractivity contribution in [3.63, 3.8) is 0 Å². The molecular formula is C12H21NO4. The van der Waals surface area contributed by atoms with Crippen molar-refractivity contribution in [1.29, 1.82) is 0 Å². The summed E-state index contributed by atoms with van der Waals surface area (Å²) in [6.07, 6.45) is 3.96. The minimum Gasteiger partial charge on any atom is -0.481 e. The number of rotatable bonds is 6. The van der Waals surface area contributed by atoms with Gasteiger partial charge in [0.25, 0.3) is 0 Å². The summed E-state index contributed by atoms with van der Waals surface area (Å²) >= 11 is 0. The molecule has 1 saturated heterocycles. The molecule has 0 spiro atoms. The van der Waals surface area contributed by atoms with E-state index in [-0.39, 0.29) is 25.0 Å². The molecule has 0 radical (unpaired) electrons. The normalized spacial score (nSPS) is 21.1. The van der Waals surface area contributed by atoms with E-state index in [1.165, 1.54) is 0 Å². The molecule has 17 heavy (non-hydrogen) atoms. The van der Waals surface area contributed by atoms with Gasteiger partial charge in [0.2, 0.25) is 0 Å². The molecule has 0 aliphatic carbocycles. The van der Waals surface area contributed by atoms with Crippen molar-refractivity contribution in [1.82, 2.24) is 4.90 Å². The Kier molecular flexibility index (Phi) is 5.97. The number of esters is 1. The minimum atomic E-state index is -0.772. The highest BCUT2D eigenvalue weighted by Crippen LogP contribution is 2.20. The van der Waals surface area contributed by atoms with Crippen LogP contribution in [0.1, 0.15) is 39.0 Å². The summed E-state index contributed by atoms with van der Waals surface area (Å²) in [4.78, 5) is 24.0. The van der Waals surface area contributed by atoms with Crippen LogP contribution in [0.5, 0.6) is 0 Å². The maximum absolute atomic E-state index is 11.4. The Morgan fingerprint density at radius 1 is 1.41 bits per heavy atom. The highest BCUT2D eigenvalue weighted by Gasteiger charge is 2.24. The van der Waals surface area contributed by atoms with Gasteiger partial charge in [-0.25, -0.2) is 0 Å². The van der Waals surface area contributed by atoms with E-state index in [1.54, 1.807) is 6.92 Å². The van der Waals surface area contributed by atoms with Gasteiger partial charge >= 0.3 is 11.9 Å². The number of hydrogen-bond acceptors (Lipinski definition) is 4. The molecule has 0 amide bonds. The van der Waals surface area contributed by atoms with Crippen LogP contribution >= 0.6 is 0 Å². The van der Waals surface area contributed by atoms with Gasteiger partial charge in [0.15, 0.2) is 0 Å². The molecule has 98 valence electrons. The first-order valence-electron chi connectivity index (χ1n) is 6.25. The standard InChI is InChI=1S/C12H21NO4/c1-2-17-12(16)9-13-8-4-3-5-10(13)6-7-11(14)15/h10H,2-9H2,1H3,(H,14,15). The summed E-state index contributed by atoms with van der Waals surface area (Å²) in [6, 6.07) is 0.212. The highest BCUT2D eigenvalue weighted by molar-refractivity contribution is 5.71. The molecule has 1 aliphatic heterocycles. The predicted molar refractivity (Wildman–Crippen MR) is 62.7 cm³/mol. The smallest absolute Gasteiger partial charge is 0.320 e. The first-order valence-corrected chi connectivity index (χ1v) is 6.25. The van der Waals surface area contributed by atoms with Gasteiger partial charge in [-0.05, 0) is 32.7 Å². The van der Waals surface area contributed by atoms with Gasteiger partial charge in [0.1, 0.15) is 0 Å². The molecule has 0 saturated carbocycles. The second kappa shape index (κ2) is 7.27. The first-order chi connectivity index (χ1) is 8.13. The van der Waals surface area contributed by atoms with Crippen LogP contribution in [0, 0.1) is 0 Å². The van der Waals surface area contributed by atoms with Gasteiger partial charge in [0, 0.05) is 12.5 Å². The Labute approximate surface area is 102 Å². The number of carboxylic acids is 1. The lowest BCUT2D eigenvalue weighted by atomic mass is 9.98. The maximum atomic E-state index is 11.4. The Balaban J connectivity index is 2.41. The third-order valence-electron chi connectivity index (χ3n) is 3.08. The van der Waals surface area contributed by atoms with Gasteiger partial charge in [-0.3, -0.25) is 14.5 Å². The molecule has 1 aliphatic rings. The van der Waals surface area contributed by atoms with Gasteiger partial charge in [0.05, 0.1) is 13.2 Å². The highest BCUT2D eigenvalue weighted by atomic mass is 16.5. The molecule has 1 fully saturated rings. The minimum absolute atomic E-state index is 0.171. The number of nitrogens with zero attached hydrogens (tertiary/aromatic N) is 1. The molecule has 0 aromatic rings. The Hall–Kier alpha value is -1.10. The van der Waals surface area contributed by atoms with E-state index >= 15 is 0 Å². The van der Waals surface area contributed by atoms with E-state index in [0.29, 0.717) is 13.0 Å². The predicted octanol–water partition coefficient (Wildman–Crippen LogP) is 1.27. The summed E-state index contributed by atoms with van der Waals surface area (Å²) in [5.41, 5.74) is 0. The van der Waals surface area contributed by atoms with Gasteiger partial charge in [-0.15, -0.1) is 0 Å². The Morgan fingerprint density at radius 3 is 2.82 bits per heavy atom. The maximum Gasteiger partial charge on any atom is 0.320 e. The summed E-state index contributed by atoms with van der Waals surface area (Å²) in [6.45, 7) is 3.34. The number of ether oxygens (including phenoxy) is 1. The number of carbonyl (C=O) groups excluding carboxylic acids is 1. The van der Waals surface area contributed by atoms with Crippen LogP contribution in [0.15, 0.2) is 0 Å². The average Bonchev–Trinajstić information content (AvgIpc) is 2.28. The van der Waals surface area contributed by atoms with Crippen LogP contribution in [0.4, 0.5) is 0 Å². The van der Waals surface area contributed by atoms with Crippen molar-refractivity contribution >= 4 is 11.9 Å². The molecule has 1 heterocycles. The molecule has 0 aromatic carbocycles. The molecule has 5 heteroatoms. The molecule has 1 rings (SSSR count). The molecule has 1 N–H and O–H groups in total. The number of hydrogen-bond donors (Lipinski definition) is 1. The van der Waals surface area contributed by atoms with Crippen LogP contribution in [0.25, 0.3) is 0 Å². The lowest BCUT2D eigenvalue weighted by molar-refractivity contribution is -0.145. The van der Waals surface area contributed by atoms with Crippen molar-refractivity contribution in [2.75, 3.05) is 19.7 Å². The van der Waals surface area contributed by atoms with Gasteiger partial charge < -0.3 is 9.84 Å². The third-order valence-corrected chi connectivity index (χ3v) is 3.08. The summed E-state index contributed by atoms with van der Waals surface area (Å²) < 4.78 is 4.92. The van der Waals surface area contributed by atoms with Crippen LogP contribution in [-0.2, 0) is 14.3 Å². The van der Waals surface area contributed by atoms with Crippen molar-refractivity contribution in [3.8, 4) is 0 Å². The average molecular weight is 243 g/mol. The second-order valence-electron chi connectivity index (χ2n) is 4.36. The van der Waals surface area contributed by atoms with Crippen LogP contribution in [-0.4, -0.2) is 47.7 Å². The number of likely N-dealkylation sites (tertiary alicyclic amines) is 1. The zero-order valence-electron chi connectivity index (χ0n) is 10.4. The van der Waals surface area contributed by atoms with Crippen molar-refractivity contribution in [2.24, 2.45) is 0 Å². The topological polar surface area (TPSA) is 66.8 Å². The van der Waals surface area contributed by atoms with E-state index in [0.717, 1.165) is 25.8 Å². The molecule has 1 unspecified atom stereocenters. The van der Waals surface area contributed by atoms with E-state index in [4.69, 9.17) is 9.84 Å². The molecule has 0 bridgehead atoms. The summed E-state index contributed by atoms with van der Waals surface area (Å²) in [7, 11) is 0. The van der Waals surface area contributed by atoms with Crippen molar-refractivity contribution < 1.29 is 19.4 Å². The number of aliphatic carboxylic acids is 1. The van der Waals surface area contributed by atoms with Crippen molar-refractivity contribution in [2.45, 2.75) is 45.1 Å². The van der Waals surface area contributed by atoms with Crippen molar-refractivity contribution in [3.05, 3.63) is 0 Å². The first kappa shape index (κ1) is 14.0. The fraction of sp³-hybridized carbons (Fsp3) is 0.833. The van der Waals surface area contributed by atoms with Crippen LogP contribution < -0.4 is 0 Å². The summed E-state index contributed by atoms with van der Waals surface area (Å²) in [5, 5.41) is 8.69. The van der Waals surface area contributed by atoms with E-state index in [2.05, 4.69) is 4.90 Å². The third kappa shape index (κ3) is 5.17.